The van der Waals surface area contributed by atoms with Crippen LogP contribution >= 0.6 is 0 Å². The van der Waals surface area contributed by atoms with Gasteiger partial charge >= 0.3 is 0 Å². The van der Waals surface area contributed by atoms with Crippen LogP contribution in [0.15, 0.2) is 17.2 Å². The Labute approximate surface area is 142 Å². The average Bonchev–Trinajstić information content (AvgIpc) is 3.33. The van der Waals surface area contributed by atoms with Crippen molar-refractivity contribution >= 4 is 15.9 Å². The molecule has 0 spiro atoms. The molecule has 1 aromatic rings. The topological polar surface area (TPSA) is 99.5 Å². The second-order valence-corrected chi connectivity index (χ2v) is 9.17. The summed E-state index contributed by atoms with van der Waals surface area (Å²) in [7, 11) is -3.56. The first-order chi connectivity index (χ1) is 11.5. The van der Waals surface area contributed by atoms with Crippen molar-refractivity contribution in [3.8, 4) is 0 Å². The molecule has 1 aromatic heterocycles. The Balaban J connectivity index is 1.52. The molecule has 3 unspecified atom stereocenters. The second kappa shape index (κ2) is 5.86. The van der Waals surface area contributed by atoms with Crippen molar-refractivity contribution in [1.82, 2.24) is 14.2 Å². The summed E-state index contributed by atoms with van der Waals surface area (Å²) in [6, 6.07) is 1.58. The molecule has 1 aliphatic carbocycles. The molecule has 2 aliphatic heterocycles. The van der Waals surface area contributed by atoms with Crippen molar-refractivity contribution in [3.05, 3.63) is 18.0 Å². The molecular formula is C16H24N4O3S. The normalized spacial score (nSPS) is 30.9. The van der Waals surface area contributed by atoms with Crippen LogP contribution in [0.4, 0.5) is 0 Å². The van der Waals surface area contributed by atoms with Gasteiger partial charge in [-0.15, -0.1) is 0 Å². The zero-order valence-electron chi connectivity index (χ0n) is 13.6. The van der Waals surface area contributed by atoms with E-state index in [0.717, 1.165) is 38.8 Å². The number of H-pyrrole nitrogens is 1. The van der Waals surface area contributed by atoms with Gasteiger partial charge in [-0.25, -0.2) is 8.42 Å². The standard InChI is InChI=1S/C16H24N4O3S/c17-14-4-3-11-9-20(10-13(11)14)24(22,23)12-7-15(18-8-12)16(21)19-5-1-2-6-19/h7-8,11,13-14,18H,1-6,9-10,17H2. The summed E-state index contributed by atoms with van der Waals surface area (Å²) >= 11 is 0. The molecule has 0 bridgehead atoms. The molecule has 1 amide bonds. The van der Waals surface area contributed by atoms with Gasteiger partial charge in [0.15, 0.2) is 0 Å². The van der Waals surface area contributed by atoms with Gasteiger partial charge in [-0.05, 0) is 43.6 Å². The molecule has 0 radical (unpaired) electrons. The number of nitrogens with two attached hydrogens (primary N) is 1. The van der Waals surface area contributed by atoms with Gasteiger partial charge in [-0.1, -0.05) is 0 Å². The molecule has 7 nitrogen and oxygen atoms in total. The number of sulfonamides is 1. The maximum atomic E-state index is 12.9. The van der Waals surface area contributed by atoms with E-state index >= 15 is 0 Å². The Kier molecular flexibility index (Phi) is 3.93. The number of hydrogen-bond acceptors (Lipinski definition) is 4. The number of hydrogen-bond donors (Lipinski definition) is 2. The summed E-state index contributed by atoms with van der Waals surface area (Å²) in [5.41, 5.74) is 6.45. The van der Waals surface area contributed by atoms with E-state index in [1.165, 1.54) is 16.6 Å². The maximum absolute atomic E-state index is 12.9. The molecule has 1 saturated carbocycles. The maximum Gasteiger partial charge on any atom is 0.270 e. The molecule has 3 fully saturated rings. The SMILES string of the molecule is NC1CCC2CN(S(=O)(=O)c3c[nH]c(C(=O)N4CCCC4)c3)CC12. The summed E-state index contributed by atoms with van der Waals surface area (Å²) in [5, 5.41) is 0. The van der Waals surface area contributed by atoms with Gasteiger partial charge in [0.25, 0.3) is 5.91 Å². The third-order valence-corrected chi connectivity index (χ3v) is 7.61. The van der Waals surface area contributed by atoms with Crippen LogP contribution in [0.5, 0.6) is 0 Å². The largest absolute Gasteiger partial charge is 0.356 e. The summed E-state index contributed by atoms with van der Waals surface area (Å²) in [6.07, 6.45) is 5.45. The number of carbonyl (C=O) groups is 1. The fourth-order valence-corrected chi connectivity index (χ4v) is 5.88. The zero-order chi connectivity index (χ0) is 16.9. The fourth-order valence-electron chi connectivity index (χ4n) is 4.35. The summed E-state index contributed by atoms with van der Waals surface area (Å²) in [4.78, 5) is 17.2. The van der Waals surface area contributed by atoms with Crippen LogP contribution in [0.25, 0.3) is 0 Å². The molecule has 3 atom stereocenters. The van der Waals surface area contributed by atoms with Gasteiger partial charge in [0.05, 0.1) is 0 Å². The lowest BCUT2D eigenvalue weighted by Crippen LogP contribution is -2.33. The first-order valence-corrected chi connectivity index (χ1v) is 10.1. The van der Waals surface area contributed by atoms with Crippen molar-refractivity contribution in [1.29, 1.82) is 0 Å². The zero-order valence-corrected chi connectivity index (χ0v) is 14.5. The number of nitrogens with one attached hydrogen (secondary N) is 1. The molecule has 0 aromatic carbocycles. The lowest BCUT2D eigenvalue weighted by atomic mass is 9.98. The van der Waals surface area contributed by atoms with Crippen molar-refractivity contribution in [2.75, 3.05) is 26.2 Å². The third-order valence-electron chi connectivity index (χ3n) is 5.80. The third kappa shape index (κ3) is 2.57. The van der Waals surface area contributed by atoms with Crippen LogP contribution in [0, 0.1) is 11.8 Å². The Morgan fingerprint density at radius 3 is 2.67 bits per heavy atom. The highest BCUT2D eigenvalue weighted by molar-refractivity contribution is 7.89. The van der Waals surface area contributed by atoms with E-state index in [0.29, 0.717) is 24.7 Å². The Morgan fingerprint density at radius 2 is 1.96 bits per heavy atom. The number of aromatic amines is 1. The Hall–Kier alpha value is -1.38. The molecule has 24 heavy (non-hydrogen) atoms. The van der Waals surface area contributed by atoms with Gasteiger partial charge in [0.1, 0.15) is 10.6 Å². The van der Waals surface area contributed by atoms with E-state index in [1.807, 2.05) is 0 Å². The van der Waals surface area contributed by atoms with Gasteiger partial charge in [0, 0.05) is 38.4 Å². The van der Waals surface area contributed by atoms with E-state index in [-0.39, 0.29) is 22.8 Å². The molecule has 3 heterocycles. The minimum Gasteiger partial charge on any atom is -0.356 e. The predicted octanol–water partition coefficient (Wildman–Crippen LogP) is 0.609. The van der Waals surface area contributed by atoms with Gasteiger partial charge < -0.3 is 15.6 Å². The Morgan fingerprint density at radius 1 is 1.21 bits per heavy atom. The van der Waals surface area contributed by atoms with Crippen molar-refractivity contribution in [2.24, 2.45) is 17.6 Å². The summed E-state index contributed by atoms with van der Waals surface area (Å²) < 4.78 is 27.3. The van der Waals surface area contributed by atoms with E-state index < -0.39 is 10.0 Å². The lowest BCUT2D eigenvalue weighted by molar-refractivity contribution is 0.0787. The highest BCUT2D eigenvalue weighted by Gasteiger charge is 2.45. The highest BCUT2D eigenvalue weighted by atomic mass is 32.2. The summed E-state index contributed by atoms with van der Waals surface area (Å²) in [6.45, 7) is 2.52. The molecular weight excluding hydrogens is 328 g/mol. The van der Waals surface area contributed by atoms with Crippen LogP contribution in [0.3, 0.4) is 0 Å². The van der Waals surface area contributed by atoms with Crippen molar-refractivity contribution < 1.29 is 13.2 Å². The van der Waals surface area contributed by atoms with Gasteiger partial charge in [-0.3, -0.25) is 4.79 Å². The molecule has 132 valence electrons. The monoisotopic (exact) mass is 352 g/mol. The van der Waals surface area contributed by atoms with E-state index in [4.69, 9.17) is 5.73 Å². The Bertz CT molecular complexity index is 738. The average molecular weight is 352 g/mol. The summed E-state index contributed by atoms with van der Waals surface area (Å²) in [5.74, 6) is 0.526. The second-order valence-electron chi connectivity index (χ2n) is 7.24. The number of amides is 1. The number of fused-ring (bicyclic) bond motifs is 1. The molecule has 4 rings (SSSR count). The molecule has 3 N–H and O–H groups in total. The van der Waals surface area contributed by atoms with E-state index in [1.54, 1.807) is 4.90 Å². The first-order valence-electron chi connectivity index (χ1n) is 8.70. The number of nitrogens with zero attached hydrogens (tertiary/aromatic N) is 2. The molecule has 2 saturated heterocycles. The van der Waals surface area contributed by atoms with Crippen LogP contribution in [0.2, 0.25) is 0 Å². The molecule has 8 heteroatoms. The van der Waals surface area contributed by atoms with E-state index in [9.17, 15) is 13.2 Å². The lowest BCUT2D eigenvalue weighted by Gasteiger charge is -2.17. The van der Waals surface area contributed by atoms with Crippen molar-refractivity contribution in [2.45, 2.75) is 36.6 Å². The number of carbonyl (C=O) groups excluding carboxylic acids is 1. The van der Waals surface area contributed by atoms with Gasteiger partial charge in [-0.2, -0.15) is 4.31 Å². The first kappa shape index (κ1) is 16.1. The molecule has 3 aliphatic rings. The van der Waals surface area contributed by atoms with Crippen LogP contribution in [-0.2, 0) is 10.0 Å². The minimum atomic E-state index is -3.56. The van der Waals surface area contributed by atoms with Crippen LogP contribution in [-0.4, -0.2) is 60.7 Å². The minimum absolute atomic E-state index is 0.105. The van der Waals surface area contributed by atoms with E-state index in [2.05, 4.69) is 4.98 Å². The van der Waals surface area contributed by atoms with Crippen LogP contribution < -0.4 is 5.73 Å². The van der Waals surface area contributed by atoms with Crippen LogP contribution in [0.1, 0.15) is 36.2 Å². The number of aromatic nitrogens is 1. The quantitative estimate of drug-likeness (QED) is 0.832. The number of likely N-dealkylation sites (tertiary alicyclic amines) is 1. The highest BCUT2D eigenvalue weighted by Crippen LogP contribution is 2.39. The smallest absolute Gasteiger partial charge is 0.270 e. The fraction of sp³-hybridized carbons (Fsp3) is 0.688. The van der Waals surface area contributed by atoms with Gasteiger partial charge in [0.2, 0.25) is 10.0 Å². The van der Waals surface area contributed by atoms with Crippen molar-refractivity contribution in [3.63, 3.8) is 0 Å². The predicted molar refractivity (Wildman–Crippen MR) is 88.9 cm³/mol. The number of rotatable bonds is 3.